The molecular formula is C14H16FN3OS. The summed E-state index contributed by atoms with van der Waals surface area (Å²) in [6, 6.07) is 7.66. The van der Waals surface area contributed by atoms with Crippen LogP contribution < -0.4 is 5.32 Å². The molecule has 0 fully saturated rings. The highest BCUT2D eigenvalue weighted by atomic mass is 32.2. The number of hydrogen-bond acceptors (Lipinski definition) is 3. The molecule has 6 heteroatoms. The molecule has 0 aliphatic carbocycles. The molecule has 2 rings (SSSR count). The Morgan fingerprint density at radius 3 is 2.85 bits per heavy atom. The van der Waals surface area contributed by atoms with Gasteiger partial charge in [0, 0.05) is 12.1 Å². The second-order valence-electron chi connectivity index (χ2n) is 4.28. The average Bonchev–Trinajstić information content (AvgIpc) is 2.94. The third-order valence-corrected chi connectivity index (χ3v) is 3.47. The lowest BCUT2D eigenvalue weighted by Gasteiger charge is -2.01. The van der Waals surface area contributed by atoms with Crippen molar-refractivity contribution in [1.82, 2.24) is 15.5 Å². The van der Waals surface area contributed by atoms with Gasteiger partial charge in [0.15, 0.2) is 0 Å². The van der Waals surface area contributed by atoms with Gasteiger partial charge in [0.2, 0.25) is 0 Å². The van der Waals surface area contributed by atoms with E-state index in [0.717, 1.165) is 17.7 Å². The first kappa shape index (κ1) is 14.6. The summed E-state index contributed by atoms with van der Waals surface area (Å²) in [6.07, 6.45) is 2.97. The number of rotatable bonds is 6. The van der Waals surface area contributed by atoms with Gasteiger partial charge in [0.25, 0.3) is 5.91 Å². The highest BCUT2D eigenvalue weighted by molar-refractivity contribution is 7.98. The quantitative estimate of drug-likeness (QED) is 0.805. The van der Waals surface area contributed by atoms with Crippen LogP contribution in [0.1, 0.15) is 16.9 Å². The molecule has 0 radical (unpaired) electrons. The van der Waals surface area contributed by atoms with E-state index in [1.54, 1.807) is 30.0 Å². The van der Waals surface area contributed by atoms with Gasteiger partial charge in [-0.25, -0.2) is 4.39 Å². The van der Waals surface area contributed by atoms with Crippen LogP contribution in [0.2, 0.25) is 0 Å². The number of nitrogens with one attached hydrogen (secondary N) is 2. The Morgan fingerprint density at radius 1 is 1.40 bits per heavy atom. The normalized spacial score (nSPS) is 10.5. The summed E-state index contributed by atoms with van der Waals surface area (Å²) in [5.41, 5.74) is 1.80. The van der Waals surface area contributed by atoms with Crippen LogP contribution in [0.25, 0.3) is 11.3 Å². The molecule has 2 N–H and O–H groups in total. The van der Waals surface area contributed by atoms with E-state index in [4.69, 9.17) is 0 Å². The summed E-state index contributed by atoms with van der Waals surface area (Å²) in [5.74, 6) is 0.549. The van der Waals surface area contributed by atoms with Gasteiger partial charge in [-0.1, -0.05) is 0 Å². The third kappa shape index (κ3) is 3.84. The smallest absolute Gasteiger partial charge is 0.269 e. The lowest BCUT2D eigenvalue weighted by Crippen LogP contribution is -2.25. The lowest BCUT2D eigenvalue weighted by molar-refractivity contribution is 0.0949. The predicted molar refractivity (Wildman–Crippen MR) is 79.3 cm³/mol. The van der Waals surface area contributed by atoms with Gasteiger partial charge < -0.3 is 5.32 Å². The van der Waals surface area contributed by atoms with Gasteiger partial charge in [-0.05, 0) is 48.8 Å². The van der Waals surface area contributed by atoms with Crippen LogP contribution in [0.3, 0.4) is 0 Å². The van der Waals surface area contributed by atoms with Crippen molar-refractivity contribution >= 4 is 17.7 Å². The first-order valence-corrected chi connectivity index (χ1v) is 7.68. The van der Waals surface area contributed by atoms with Crippen molar-refractivity contribution in [3.05, 3.63) is 41.8 Å². The summed E-state index contributed by atoms with van der Waals surface area (Å²) < 4.78 is 12.8. The Morgan fingerprint density at radius 2 is 2.15 bits per heavy atom. The van der Waals surface area contributed by atoms with E-state index in [2.05, 4.69) is 15.5 Å². The molecular weight excluding hydrogens is 277 g/mol. The van der Waals surface area contributed by atoms with Gasteiger partial charge in [-0.2, -0.15) is 16.9 Å². The second kappa shape index (κ2) is 7.09. The molecule has 0 saturated heterocycles. The number of halogens is 1. The molecule has 0 unspecified atom stereocenters. The molecule has 0 spiro atoms. The van der Waals surface area contributed by atoms with Gasteiger partial charge in [0.1, 0.15) is 11.5 Å². The number of hydrogen-bond donors (Lipinski definition) is 2. The molecule has 0 saturated carbocycles. The standard InChI is InChI=1S/C14H16FN3OS/c1-20-8-2-7-16-14(19)13-9-12(17-18-13)10-3-5-11(15)6-4-10/h3-6,9H,2,7-8H2,1H3,(H,16,19)(H,17,18). The minimum Gasteiger partial charge on any atom is -0.351 e. The number of aromatic amines is 1. The molecule has 1 amide bonds. The van der Waals surface area contributed by atoms with Crippen molar-refractivity contribution in [2.45, 2.75) is 6.42 Å². The minimum atomic E-state index is -0.295. The van der Waals surface area contributed by atoms with Crippen LogP contribution in [0.5, 0.6) is 0 Å². The third-order valence-electron chi connectivity index (χ3n) is 2.77. The summed E-state index contributed by atoms with van der Waals surface area (Å²) in [4.78, 5) is 11.9. The second-order valence-corrected chi connectivity index (χ2v) is 5.26. The minimum absolute atomic E-state index is 0.174. The topological polar surface area (TPSA) is 57.8 Å². The molecule has 20 heavy (non-hydrogen) atoms. The van der Waals surface area contributed by atoms with E-state index in [1.165, 1.54) is 12.1 Å². The fourth-order valence-electron chi connectivity index (χ4n) is 1.72. The molecule has 0 aliphatic rings. The number of aromatic nitrogens is 2. The van der Waals surface area contributed by atoms with E-state index in [9.17, 15) is 9.18 Å². The number of carbonyl (C=O) groups excluding carboxylic acids is 1. The maximum atomic E-state index is 12.8. The fraction of sp³-hybridized carbons (Fsp3) is 0.286. The molecule has 0 bridgehead atoms. The number of thioether (sulfide) groups is 1. The van der Waals surface area contributed by atoms with Crippen molar-refractivity contribution < 1.29 is 9.18 Å². The molecule has 1 aromatic carbocycles. The van der Waals surface area contributed by atoms with E-state index in [-0.39, 0.29) is 11.7 Å². The van der Waals surface area contributed by atoms with Crippen molar-refractivity contribution in [3.8, 4) is 11.3 Å². The van der Waals surface area contributed by atoms with E-state index in [1.807, 2.05) is 6.26 Å². The van der Waals surface area contributed by atoms with Crippen LogP contribution >= 0.6 is 11.8 Å². The molecule has 1 aromatic heterocycles. The Hall–Kier alpha value is -1.82. The number of amides is 1. The van der Waals surface area contributed by atoms with Gasteiger partial charge in [-0.3, -0.25) is 9.89 Å². The largest absolute Gasteiger partial charge is 0.351 e. The number of H-pyrrole nitrogens is 1. The molecule has 106 valence electrons. The number of carbonyl (C=O) groups is 1. The molecule has 4 nitrogen and oxygen atoms in total. The predicted octanol–water partition coefficient (Wildman–Crippen LogP) is 2.70. The summed E-state index contributed by atoms with van der Waals surface area (Å²) >= 11 is 1.75. The van der Waals surface area contributed by atoms with Crippen LogP contribution in [0.15, 0.2) is 30.3 Å². The van der Waals surface area contributed by atoms with Crippen LogP contribution in [-0.4, -0.2) is 34.7 Å². The highest BCUT2D eigenvalue weighted by Crippen LogP contribution is 2.17. The van der Waals surface area contributed by atoms with Crippen LogP contribution in [0, 0.1) is 5.82 Å². The Balaban J connectivity index is 1.98. The summed E-state index contributed by atoms with van der Waals surface area (Å²) in [6.45, 7) is 0.643. The van der Waals surface area contributed by atoms with E-state index >= 15 is 0 Å². The zero-order chi connectivity index (χ0) is 14.4. The Bertz CT molecular complexity index is 568. The number of benzene rings is 1. The van der Waals surface area contributed by atoms with Crippen molar-refractivity contribution in [2.75, 3.05) is 18.6 Å². The van der Waals surface area contributed by atoms with Gasteiger partial charge >= 0.3 is 0 Å². The van der Waals surface area contributed by atoms with Crippen LogP contribution in [-0.2, 0) is 0 Å². The van der Waals surface area contributed by atoms with Crippen LogP contribution in [0.4, 0.5) is 4.39 Å². The summed E-state index contributed by atoms with van der Waals surface area (Å²) in [7, 11) is 0. The molecule has 0 atom stereocenters. The highest BCUT2D eigenvalue weighted by Gasteiger charge is 2.10. The van der Waals surface area contributed by atoms with E-state index < -0.39 is 0 Å². The van der Waals surface area contributed by atoms with Crippen molar-refractivity contribution in [3.63, 3.8) is 0 Å². The average molecular weight is 293 g/mol. The zero-order valence-corrected chi connectivity index (χ0v) is 12.0. The zero-order valence-electron chi connectivity index (χ0n) is 11.1. The lowest BCUT2D eigenvalue weighted by atomic mass is 10.1. The molecule has 0 aliphatic heterocycles. The maximum Gasteiger partial charge on any atom is 0.269 e. The SMILES string of the molecule is CSCCCNC(=O)c1cc(-c2ccc(F)cc2)n[nH]1. The monoisotopic (exact) mass is 293 g/mol. The fourth-order valence-corrected chi connectivity index (χ4v) is 2.15. The van der Waals surface area contributed by atoms with Crippen molar-refractivity contribution in [2.24, 2.45) is 0 Å². The van der Waals surface area contributed by atoms with Crippen molar-refractivity contribution in [1.29, 1.82) is 0 Å². The van der Waals surface area contributed by atoms with E-state index in [0.29, 0.717) is 17.9 Å². The first-order chi connectivity index (χ1) is 9.70. The van der Waals surface area contributed by atoms with Gasteiger partial charge in [0.05, 0.1) is 5.69 Å². The Kier molecular flexibility index (Phi) is 5.17. The Labute approximate surface area is 121 Å². The first-order valence-electron chi connectivity index (χ1n) is 6.29. The van der Waals surface area contributed by atoms with Gasteiger partial charge in [-0.15, -0.1) is 0 Å². The summed E-state index contributed by atoms with van der Waals surface area (Å²) in [5, 5.41) is 9.59. The molecule has 2 aromatic rings. The number of nitrogens with zero attached hydrogens (tertiary/aromatic N) is 1. The molecule has 1 heterocycles. The maximum absolute atomic E-state index is 12.8.